The normalized spacial score (nSPS) is 13.0. The lowest BCUT2D eigenvalue weighted by atomic mass is 10.1. The SMILES string of the molecule is CSC(C)CC(=O)Nc1ccc(C(=O)NC(C)C(=O)O)cc1. The van der Waals surface area contributed by atoms with E-state index in [2.05, 4.69) is 10.6 Å². The maximum atomic E-state index is 11.8. The van der Waals surface area contributed by atoms with Crippen LogP contribution in [0, 0.1) is 0 Å². The van der Waals surface area contributed by atoms with Gasteiger partial charge in [-0.3, -0.25) is 14.4 Å². The van der Waals surface area contributed by atoms with E-state index >= 15 is 0 Å². The Labute approximate surface area is 133 Å². The quantitative estimate of drug-likeness (QED) is 0.713. The molecule has 6 nitrogen and oxygen atoms in total. The number of aliphatic carboxylic acids is 1. The number of carbonyl (C=O) groups is 3. The fraction of sp³-hybridized carbons (Fsp3) is 0.400. The van der Waals surface area contributed by atoms with Crippen LogP contribution in [0.15, 0.2) is 24.3 Å². The molecule has 1 aromatic rings. The minimum atomic E-state index is -1.10. The Kier molecular flexibility index (Phi) is 6.91. The second-order valence-electron chi connectivity index (χ2n) is 4.91. The third-order valence-electron chi connectivity index (χ3n) is 3.02. The molecule has 0 fully saturated rings. The predicted molar refractivity (Wildman–Crippen MR) is 87.2 cm³/mol. The summed E-state index contributed by atoms with van der Waals surface area (Å²) in [4.78, 5) is 34.3. The molecule has 0 aliphatic carbocycles. The van der Waals surface area contributed by atoms with Gasteiger partial charge in [-0.25, -0.2) is 0 Å². The Balaban J connectivity index is 2.61. The third-order valence-corrected chi connectivity index (χ3v) is 4.00. The minimum Gasteiger partial charge on any atom is -0.480 e. The Bertz CT molecular complexity index is 545. The van der Waals surface area contributed by atoms with Crippen LogP contribution in [-0.2, 0) is 9.59 Å². The zero-order valence-corrected chi connectivity index (χ0v) is 13.6. The van der Waals surface area contributed by atoms with Crippen LogP contribution in [0.2, 0.25) is 0 Å². The summed E-state index contributed by atoms with van der Waals surface area (Å²) in [5, 5.41) is 14.1. The molecule has 2 atom stereocenters. The number of carboxylic acids is 1. The van der Waals surface area contributed by atoms with Crippen molar-refractivity contribution in [2.45, 2.75) is 31.6 Å². The number of carboxylic acid groups (broad SMARTS) is 1. The molecule has 22 heavy (non-hydrogen) atoms. The summed E-state index contributed by atoms with van der Waals surface area (Å²) in [6.07, 6.45) is 2.36. The van der Waals surface area contributed by atoms with Crippen molar-refractivity contribution in [2.75, 3.05) is 11.6 Å². The number of anilines is 1. The van der Waals surface area contributed by atoms with Gasteiger partial charge in [-0.05, 0) is 37.4 Å². The molecule has 3 N–H and O–H groups in total. The van der Waals surface area contributed by atoms with Crippen LogP contribution >= 0.6 is 11.8 Å². The molecule has 0 aliphatic rings. The minimum absolute atomic E-state index is 0.0847. The van der Waals surface area contributed by atoms with Crippen molar-refractivity contribution < 1.29 is 19.5 Å². The standard InChI is InChI=1S/C15H20N2O4S/c1-9(22-3)8-13(18)17-12-6-4-11(5-7-12)14(19)16-10(2)15(20)21/h4-7,9-10H,8H2,1-3H3,(H,16,19)(H,17,18)(H,20,21). The molecule has 7 heteroatoms. The number of rotatable bonds is 7. The Morgan fingerprint density at radius 2 is 1.77 bits per heavy atom. The van der Waals surface area contributed by atoms with E-state index < -0.39 is 17.9 Å². The summed E-state index contributed by atoms with van der Waals surface area (Å²) in [7, 11) is 0. The molecule has 0 radical (unpaired) electrons. The Morgan fingerprint density at radius 3 is 2.27 bits per heavy atom. The van der Waals surface area contributed by atoms with E-state index in [-0.39, 0.29) is 11.2 Å². The first-order valence-electron chi connectivity index (χ1n) is 6.80. The van der Waals surface area contributed by atoms with Gasteiger partial charge in [0, 0.05) is 22.9 Å². The van der Waals surface area contributed by atoms with Gasteiger partial charge < -0.3 is 15.7 Å². The molecule has 0 aliphatic heterocycles. The molecule has 1 aromatic carbocycles. The highest BCUT2D eigenvalue weighted by Gasteiger charge is 2.15. The van der Waals surface area contributed by atoms with E-state index in [1.54, 1.807) is 23.9 Å². The van der Waals surface area contributed by atoms with Gasteiger partial charge in [0.2, 0.25) is 5.91 Å². The summed E-state index contributed by atoms with van der Waals surface area (Å²) in [5.41, 5.74) is 0.935. The lowest BCUT2D eigenvalue weighted by molar-refractivity contribution is -0.138. The molecule has 0 saturated heterocycles. The molecular formula is C15H20N2O4S. The zero-order chi connectivity index (χ0) is 16.7. The van der Waals surface area contributed by atoms with Gasteiger partial charge in [-0.1, -0.05) is 6.92 Å². The van der Waals surface area contributed by atoms with Crippen molar-refractivity contribution in [1.29, 1.82) is 0 Å². The summed E-state index contributed by atoms with van der Waals surface area (Å²) in [5.74, 6) is -1.65. The largest absolute Gasteiger partial charge is 0.480 e. The molecule has 2 amide bonds. The molecule has 2 unspecified atom stereocenters. The average Bonchev–Trinajstić information content (AvgIpc) is 2.47. The fourth-order valence-electron chi connectivity index (χ4n) is 1.60. The van der Waals surface area contributed by atoms with Crippen molar-refractivity contribution in [1.82, 2.24) is 5.32 Å². The van der Waals surface area contributed by atoms with Crippen LogP contribution in [0.3, 0.4) is 0 Å². The van der Waals surface area contributed by atoms with Gasteiger partial charge in [-0.2, -0.15) is 11.8 Å². The molecule has 0 bridgehead atoms. The average molecular weight is 324 g/mol. The van der Waals surface area contributed by atoms with Crippen molar-refractivity contribution in [3.63, 3.8) is 0 Å². The highest BCUT2D eigenvalue weighted by Crippen LogP contribution is 2.13. The van der Waals surface area contributed by atoms with Crippen molar-refractivity contribution in [3.8, 4) is 0 Å². The van der Waals surface area contributed by atoms with Crippen LogP contribution < -0.4 is 10.6 Å². The topological polar surface area (TPSA) is 95.5 Å². The van der Waals surface area contributed by atoms with Gasteiger partial charge >= 0.3 is 5.97 Å². The predicted octanol–water partition coefficient (Wildman–Crippen LogP) is 1.97. The van der Waals surface area contributed by atoms with E-state index in [0.29, 0.717) is 17.7 Å². The smallest absolute Gasteiger partial charge is 0.325 e. The first-order chi connectivity index (χ1) is 10.3. The molecular weight excluding hydrogens is 304 g/mol. The maximum absolute atomic E-state index is 11.8. The highest BCUT2D eigenvalue weighted by atomic mass is 32.2. The lowest BCUT2D eigenvalue weighted by Gasteiger charge is -2.11. The lowest BCUT2D eigenvalue weighted by Crippen LogP contribution is -2.38. The third kappa shape index (κ3) is 5.77. The summed E-state index contributed by atoms with van der Waals surface area (Å²) < 4.78 is 0. The van der Waals surface area contributed by atoms with Crippen molar-refractivity contribution >= 4 is 35.2 Å². The van der Waals surface area contributed by atoms with Gasteiger partial charge in [-0.15, -0.1) is 0 Å². The first kappa shape index (κ1) is 18.0. The highest BCUT2D eigenvalue weighted by molar-refractivity contribution is 7.99. The summed E-state index contributed by atoms with van der Waals surface area (Å²) >= 11 is 1.62. The van der Waals surface area contributed by atoms with Crippen LogP contribution in [0.4, 0.5) is 5.69 Å². The molecule has 0 aromatic heterocycles. The van der Waals surface area contributed by atoms with Crippen molar-refractivity contribution in [3.05, 3.63) is 29.8 Å². The summed E-state index contributed by atoms with van der Waals surface area (Å²) in [6, 6.07) is 5.35. The Hall–Kier alpha value is -2.02. The second-order valence-corrected chi connectivity index (χ2v) is 6.19. The molecule has 0 spiro atoms. The van der Waals surface area contributed by atoms with Crippen LogP contribution in [0.5, 0.6) is 0 Å². The van der Waals surface area contributed by atoms with E-state index in [9.17, 15) is 14.4 Å². The fourth-order valence-corrected chi connectivity index (χ4v) is 1.92. The van der Waals surface area contributed by atoms with E-state index in [0.717, 1.165) is 0 Å². The van der Waals surface area contributed by atoms with Gasteiger partial charge in [0.05, 0.1) is 0 Å². The summed E-state index contributed by atoms with van der Waals surface area (Å²) in [6.45, 7) is 3.36. The van der Waals surface area contributed by atoms with E-state index in [1.807, 2.05) is 13.2 Å². The molecule has 0 heterocycles. The number of thioether (sulfide) groups is 1. The Morgan fingerprint density at radius 1 is 1.18 bits per heavy atom. The van der Waals surface area contributed by atoms with Crippen LogP contribution in [0.25, 0.3) is 0 Å². The number of carbonyl (C=O) groups excluding carboxylic acids is 2. The number of hydrogen-bond acceptors (Lipinski definition) is 4. The number of nitrogens with one attached hydrogen (secondary N) is 2. The maximum Gasteiger partial charge on any atom is 0.325 e. The molecule has 0 saturated carbocycles. The molecule has 120 valence electrons. The van der Waals surface area contributed by atoms with Crippen molar-refractivity contribution in [2.24, 2.45) is 0 Å². The van der Waals surface area contributed by atoms with Crippen LogP contribution in [-0.4, -0.2) is 40.4 Å². The monoisotopic (exact) mass is 324 g/mol. The van der Waals surface area contributed by atoms with Gasteiger partial charge in [0.1, 0.15) is 6.04 Å². The number of benzene rings is 1. The number of hydrogen-bond donors (Lipinski definition) is 3. The van der Waals surface area contributed by atoms with E-state index in [4.69, 9.17) is 5.11 Å². The number of amides is 2. The first-order valence-corrected chi connectivity index (χ1v) is 8.08. The van der Waals surface area contributed by atoms with E-state index in [1.165, 1.54) is 19.1 Å². The van der Waals surface area contributed by atoms with Gasteiger partial charge in [0.25, 0.3) is 5.91 Å². The molecule has 1 rings (SSSR count). The van der Waals surface area contributed by atoms with Gasteiger partial charge in [0.15, 0.2) is 0 Å². The second kappa shape index (κ2) is 8.43. The zero-order valence-electron chi connectivity index (χ0n) is 12.8. The van der Waals surface area contributed by atoms with Crippen LogP contribution in [0.1, 0.15) is 30.6 Å².